The Bertz CT molecular complexity index is 197. The largest absolute Gasteiger partial charge is 0.368 e. The minimum Gasteiger partial charge on any atom is -0.368 e. The Kier molecular flexibility index (Phi) is 4.66. The molecule has 0 spiro atoms. The highest BCUT2D eigenvalue weighted by molar-refractivity contribution is 5.71. The standard InChI is InChI=1S/C11H19NO2/c1-3-7-10(2)11(13)14-12-8-5-4-6-9-12/h3,10H,1,4-9H2,2H3. The summed E-state index contributed by atoms with van der Waals surface area (Å²) in [4.78, 5) is 16.7. The number of hydrogen-bond donors (Lipinski definition) is 0. The van der Waals surface area contributed by atoms with Crippen molar-refractivity contribution in [2.45, 2.75) is 32.6 Å². The number of allylic oxidation sites excluding steroid dienone is 1. The number of carbonyl (C=O) groups is 1. The van der Waals surface area contributed by atoms with E-state index in [9.17, 15) is 4.79 Å². The van der Waals surface area contributed by atoms with Gasteiger partial charge >= 0.3 is 5.97 Å². The van der Waals surface area contributed by atoms with Gasteiger partial charge in [0.2, 0.25) is 0 Å². The summed E-state index contributed by atoms with van der Waals surface area (Å²) in [5, 5.41) is 1.78. The molecule has 3 nitrogen and oxygen atoms in total. The first-order chi connectivity index (χ1) is 6.74. The number of hydroxylamine groups is 2. The molecule has 1 heterocycles. The van der Waals surface area contributed by atoms with E-state index in [1.54, 1.807) is 11.1 Å². The third kappa shape index (κ3) is 3.50. The average molecular weight is 197 g/mol. The Morgan fingerprint density at radius 2 is 2.14 bits per heavy atom. The van der Waals surface area contributed by atoms with Crippen LogP contribution < -0.4 is 0 Å². The molecule has 0 amide bonds. The van der Waals surface area contributed by atoms with E-state index < -0.39 is 0 Å². The molecule has 80 valence electrons. The molecule has 0 saturated carbocycles. The van der Waals surface area contributed by atoms with Gasteiger partial charge in [0, 0.05) is 13.1 Å². The molecule has 0 aromatic heterocycles. The van der Waals surface area contributed by atoms with E-state index in [0.717, 1.165) is 25.9 Å². The molecule has 0 aromatic carbocycles. The van der Waals surface area contributed by atoms with Gasteiger partial charge in [0.1, 0.15) is 0 Å². The molecule has 1 atom stereocenters. The van der Waals surface area contributed by atoms with Gasteiger partial charge in [-0.1, -0.05) is 19.4 Å². The second-order valence-corrected chi connectivity index (χ2v) is 3.83. The fourth-order valence-electron chi connectivity index (χ4n) is 1.52. The van der Waals surface area contributed by atoms with Crippen LogP contribution in [0.2, 0.25) is 0 Å². The predicted molar refractivity (Wildman–Crippen MR) is 55.5 cm³/mol. The van der Waals surface area contributed by atoms with Crippen molar-refractivity contribution >= 4 is 5.97 Å². The zero-order valence-electron chi connectivity index (χ0n) is 8.87. The average Bonchev–Trinajstić information content (AvgIpc) is 2.19. The van der Waals surface area contributed by atoms with Crippen LogP contribution in [-0.2, 0) is 9.63 Å². The monoisotopic (exact) mass is 197 g/mol. The summed E-state index contributed by atoms with van der Waals surface area (Å²) in [6.45, 7) is 7.24. The quantitative estimate of drug-likeness (QED) is 0.647. The van der Waals surface area contributed by atoms with E-state index in [4.69, 9.17) is 4.84 Å². The zero-order valence-corrected chi connectivity index (χ0v) is 8.87. The molecule has 0 aromatic rings. The lowest BCUT2D eigenvalue weighted by Crippen LogP contribution is -2.34. The molecule has 0 bridgehead atoms. The van der Waals surface area contributed by atoms with Gasteiger partial charge in [-0.05, 0) is 19.3 Å². The van der Waals surface area contributed by atoms with Crippen LogP contribution in [0.5, 0.6) is 0 Å². The van der Waals surface area contributed by atoms with Crippen molar-refractivity contribution in [3.8, 4) is 0 Å². The lowest BCUT2D eigenvalue weighted by Gasteiger charge is -2.25. The lowest BCUT2D eigenvalue weighted by molar-refractivity contribution is -0.198. The maximum Gasteiger partial charge on any atom is 0.328 e. The maximum absolute atomic E-state index is 11.5. The van der Waals surface area contributed by atoms with Gasteiger partial charge in [-0.15, -0.1) is 11.6 Å². The molecule has 1 fully saturated rings. The van der Waals surface area contributed by atoms with Crippen LogP contribution in [-0.4, -0.2) is 24.1 Å². The highest BCUT2D eigenvalue weighted by Crippen LogP contribution is 2.12. The predicted octanol–water partition coefficient (Wildman–Crippen LogP) is 2.14. The third-order valence-corrected chi connectivity index (χ3v) is 2.46. The summed E-state index contributed by atoms with van der Waals surface area (Å²) in [5.41, 5.74) is 0. The Balaban J connectivity index is 2.27. The second kappa shape index (κ2) is 5.81. The molecule has 0 radical (unpaired) electrons. The van der Waals surface area contributed by atoms with Gasteiger partial charge in [0.15, 0.2) is 0 Å². The van der Waals surface area contributed by atoms with Crippen LogP contribution in [0.1, 0.15) is 32.6 Å². The molecule has 3 heteroatoms. The molecule has 1 rings (SSSR count). The third-order valence-electron chi connectivity index (χ3n) is 2.46. The second-order valence-electron chi connectivity index (χ2n) is 3.83. The molecule has 0 aliphatic carbocycles. The van der Waals surface area contributed by atoms with Crippen LogP contribution in [0.3, 0.4) is 0 Å². The topological polar surface area (TPSA) is 29.5 Å². The molecule has 0 N–H and O–H groups in total. The van der Waals surface area contributed by atoms with Crippen LogP contribution in [0, 0.1) is 5.92 Å². The molecular formula is C11H19NO2. The SMILES string of the molecule is C=CCC(C)C(=O)ON1CCCCC1. The molecular weight excluding hydrogens is 178 g/mol. The molecule has 1 saturated heterocycles. The number of piperidine rings is 1. The van der Waals surface area contributed by atoms with Gasteiger partial charge in [-0.25, -0.2) is 0 Å². The van der Waals surface area contributed by atoms with E-state index in [1.165, 1.54) is 6.42 Å². The van der Waals surface area contributed by atoms with Crippen molar-refractivity contribution in [3.05, 3.63) is 12.7 Å². The zero-order chi connectivity index (χ0) is 10.4. The Hall–Kier alpha value is -0.830. The summed E-state index contributed by atoms with van der Waals surface area (Å²) in [6.07, 6.45) is 5.94. The molecule has 1 aliphatic heterocycles. The van der Waals surface area contributed by atoms with Crippen molar-refractivity contribution in [2.24, 2.45) is 5.92 Å². The summed E-state index contributed by atoms with van der Waals surface area (Å²) in [6, 6.07) is 0. The molecule has 1 unspecified atom stereocenters. The van der Waals surface area contributed by atoms with Crippen LogP contribution in [0.4, 0.5) is 0 Å². The summed E-state index contributed by atoms with van der Waals surface area (Å²) in [5.74, 6) is -0.207. The van der Waals surface area contributed by atoms with Gasteiger partial charge in [0.25, 0.3) is 0 Å². The Morgan fingerprint density at radius 3 is 2.71 bits per heavy atom. The maximum atomic E-state index is 11.5. The lowest BCUT2D eigenvalue weighted by atomic mass is 10.1. The van der Waals surface area contributed by atoms with Crippen LogP contribution in [0.15, 0.2) is 12.7 Å². The highest BCUT2D eigenvalue weighted by Gasteiger charge is 2.18. The number of hydrogen-bond acceptors (Lipinski definition) is 3. The van der Waals surface area contributed by atoms with Crippen molar-refractivity contribution in [1.82, 2.24) is 5.06 Å². The van der Waals surface area contributed by atoms with E-state index in [2.05, 4.69) is 6.58 Å². The van der Waals surface area contributed by atoms with E-state index in [1.807, 2.05) is 6.92 Å². The van der Waals surface area contributed by atoms with E-state index in [0.29, 0.717) is 6.42 Å². The van der Waals surface area contributed by atoms with Crippen molar-refractivity contribution in [1.29, 1.82) is 0 Å². The first-order valence-electron chi connectivity index (χ1n) is 5.31. The molecule has 1 aliphatic rings. The first kappa shape index (κ1) is 11.2. The minimum atomic E-state index is -0.133. The number of rotatable bonds is 4. The fourth-order valence-corrected chi connectivity index (χ4v) is 1.52. The molecule has 14 heavy (non-hydrogen) atoms. The van der Waals surface area contributed by atoms with E-state index in [-0.39, 0.29) is 11.9 Å². The van der Waals surface area contributed by atoms with Crippen LogP contribution in [0.25, 0.3) is 0 Å². The fraction of sp³-hybridized carbons (Fsp3) is 0.727. The normalized spacial score (nSPS) is 20.1. The number of nitrogens with zero attached hydrogens (tertiary/aromatic N) is 1. The van der Waals surface area contributed by atoms with Crippen molar-refractivity contribution in [3.63, 3.8) is 0 Å². The highest BCUT2D eigenvalue weighted by atomic mass is 16.7. The summed E-state index contributed by atoms with van der Waals surface area (Å²) >= 11 is 0. The van der Waals surface area contributed by atoms with Gasteiger partial charge in [-0.3, -0.25) is 4.79 Å². The van der Waals surface area contributed by atoms with E-state index >= 15 is 0 Å². The smallest absolute Gasteiger partial charge is 0.328 e. The van der Waals surface area contributed by atoms with Crippen molar-refractivity contribution in [2.75, 3.05) is 13.1 Å². The number of carbonyl (C=O) groups excluding carboxylic acids is 1. The van der Waals surface area contributed by atoms with Gasteiger partial charge < -0.3 is 4.84 Å². The first-order valence-corrected chi connectivity index (χ1v) is 5.31. The van der Waals surface area contributed by atoms with Crippen molar-refractivity contribution < 1.29 is 9.63 Å². The summed E-state index contributed by atoms with van der Waals surface area (Å²) < 4.78 is 0. The van der Waals surface area contributed by atoms with Crippen LogP contribution >= 0.6 is 0 Å². The summed E-state index contributed by atoms with van der Waals surface area (Å²) in [7, 11) is 0. The Morgan fingerprint density at radius 1 is 1.50 bits per heavy atom. The minimum absolute atomic E-state index is 0.0746. The van der Waals surface area contributed by atoms with Gasteiger partial charge in [-0.2, -0.15) is 0 Å². The van der Waals surface area contributed by atoms with Gasteiger partial charge in [0.05, 0.1) is 5.92 Å². The Labute approximate surface area is 85.7 Å².